The number of aliphatic hydroxyl groups is 1. The Morgan fingerprint density at radius 2 is 1.46 bits per heavy atom. The summed E-state index contributed by atoms with van der Waals surface area (Å²) in [4.78, 5) is 59.5. The summed E-state index contributed by atoms with van der Waals surface area (Å²) in [5, 5.41) is 12.8. The number of aryl methyl sites for hydroxylation is 1. The zero-order valence-corrected chi connectivity index (χ0v) is 22.7. The molecule has 0 radical (unpaired) electrons. The third-order valence-electron chi connectivity index (χ3n) is 6.09. The molecule has 0 aromatic heterocycles. The van der Waals surface area contributed by atoms with Gasteiger partial charge in [0.15, 0.2) is 0 Å². The van der Waals surface area contributed by atoms with Gasteiger partial charge in [-0.25, -0.2) is 0 Å². The minimum absolute atomic E-state index is 0.0642. The number of anilines is 1. The molecule has 9 nitrogen and oxygen atoms in total. The Labute approximate surface area is 221 Å². The van der Waals surface area contributed by atoms with Crippen LogP contribution in [0.5, 0.6) is 0 Å². The first-order valence-electron chi connectivity index (χ1n) is 13.2. The van der Waals surface area contributed by atoms with Gasteiger partial charge in [0, 0.05) is 39.2 Å². The van der Waals surface area contributed by atoms with Crippen LogP contribution in [0.1, 0.15) is 93.0 Å². The standard InChI is InChI=1S/C27H41N3O5.CH4O/c1-22-15-13-16-23(29-18-11-9-7-5-3-4-6-8-10-12-19-31)25(22)27(35)30(21-33)24(17-14-20-32)26(34)28-2;1-2/h13,15-16,19-21,24,29H,3-12,14,17-18H2,1-2H3,(H,28,34);2H,1H3. The fourth-order valence-electron chi connectivity index (χ4n) is 4.09. The zero-order valence-electron chi connectivity index (χ0n) is 22.7. The van der Waals surface area contributed by atoms with Crippen molar-refractivity contribution < 1.29 is 29.1 Å². The highest BCUT2D eigenvalue weighted by Gasteiger charge is 2.31. The lowest BCUT2D eigenvalue weighted by Crippen LogP contribution is -2.48. The van der Waals surface area contributed by atoms with Crippen molar-refractivity contribution >= 4 is 36.5 Å². The van der Waals surface area contributed by atoms with Crippen molar-refractivity contribution in [3.05, 3.63) is 29.3 Å². The van der Waals surface area contributed by atoms with Crippen LogP contribution in [0.3, 0.4) is 0 Å². The van der Waals surface area contributed by atoms with Crippen LogP contribution in [0, 0.1) is 6.92 Å². The molecule has 208 valence electrons. The van der Waals surface area contributed by atoms with Crippen LogP contribution in [0.25, 0.3) is 0 Å². The summed E-state index contributed by atoms with van der Waals surface area (Å²) in [6, 6.07) is 4.39. The first-order valence-corrected chi connectivity index (χ1v) is 13.2. The normalized spacial score (nSPS) is 10.9. The van der Waals surface area contributed by atoms with Gasteiger partial charge in [0.2, 0.25) is 12.3 Å². The van der Waals surface area contributed by atoms with Crippen molar-refractivity contribution in [3.8, 4) is 0 Å². The number of nitrogens with one attached hydrogen (secondary N) is 2. The molecule has 3 amide bonds. The van der Waals surface area contributed by atoms with Crippen molar-refractivity contribution in [2.75, 3.05) is 26.0 Å². The maximum atomic E-state index is 13.3. The molecule has 1 rings (SSSR count). The molecule has 37 heavy (non-hydrogen) atoms. The predicted molar refractivity (Wildman–Crippen MR) is 145 cm³/mol. The summed E-state index contributed by atoms with van der Waals surface area (Å²) in [7, 11) is 2.43. The third kappa shape index (κ3) is 13.2. The van der Waals surface area contributed by atoms with Crippen LogP contribution in [0.4, 0.5) is 5.69 Å². The molecule has 0 fully saturated rings. The number of imide groups is 1. The van der Waals surface area contributed by atoms with Gasteiger partial charge in [0.25, 0.3) is 5.91 Å². The molecule has 0 spiro atoms. The van der Waals surface area contributed by atoms with E-state index in [0.717, 1.165) is 50.4 Å². The van der Waals surface area contributed by atoms with E-state index in [9.17, 15) is 24.0 Å². The predicted octanol–water partition coefficient (Wildman–Crippen LogP) is 3.81. The van der Waals surface area contributed by atoms with E-state index in [-0.39, 0.29) is 12.8 Å². The monoisotopic (exact) mass is 519 g/mol. The molecule has 0 heterocycles. The van der Waals surface area contributed by atoms with Crippen LogP contribution in [-0.2, 0) is 19.2 Å². The molecule has 0 aliphatic rings. The van der Waals surface area contributed by atoms with Crippen molar-refractivity contribution in [2.24, 2.45) is 0 Å². The van der Waals surface area contributed by atoms with Gasteiger partial charge in [0.05, 0.1) is 5.56 Å². The molecule has 1 aromatic carbocycles. The van der Waals surface area contributed by atoms with E-state index in [1.54, 1.807) is 19.1 Å². The summed E-state index contributed by atoms with van der Waals surface area (Å²) in [5.74, 6) is -1.05. The average Bonchev–Trinajstić information content (AvgIpc) is 2.92. The molecule has 0 saturated carbocycles. The number of carbonyl (C=O) groups is 5. The van der Waals surface area contributed by atoms with Gasteiger partial charge < -0.3 is 25.3 Å². The minimum Gasteiger partial charge on any atom is -0.400 e. The van der Waals surface area contributed by atoms with E-state index >= 15 is 0 Å². The maximum absolute atomic E-state index is 13.3. The van der Waals surface area contributed by atoms with Gasteiger partial charge in [-0.15, -0.1) is 0 Å². The lowest BCUT2D eigenvalue weighted by molar-refractivity contribution is -0.131. The first kappa shape index (κ1) is 33.9. The van der Waals surface area contributed by atoms with Crippen LogP contribution in [0.15, 0.2) is 18.2 Å². The number of benzene rings is 1. The smallest absolute Gasteiger partial charge is 0.263 e. The third-order valence-corrected chi connectivity index (χ3v) is 6.09. The SMILES string of the molecule is CNC(=O)C(CCC=O)N(C=O)C(=O)c1c(C)cccc1NCCCCCCCCCCCC=O.CO. The number of likely N-dealkylation sites (N-methyl/N-ethyl adjacent to an activating group) is 1. The van der Waals surface area contributed by atoms with E-state index in [1.807, 2.05) is 6.07 Å². The second-order valence-corrected chi connectivity index (χ2v) is 8.75. The molecule has 0 saturated heterocycles. The van der Waals surface area contributed by atoms with Gasteiger partial charge in [-0.3, -0.25) is 19.3 Å². The van der Waals surface area contributed by atoms with E-state index in [4.69, 9.17) is 5.11 Å². The first-order chi connectivity index (χ1) is 18.0. The number of rotatable bonds is 20. The Morgan fingerprint density at radius 3 is 2.00 bits per heavy atom. The van der Waals surface area contributed by atoms with Gasteiger partial charge in [-0.2, -0.15) is 0 Å². The van der Waals surface area contributed by atoms with Gasteiger partial charge in [-0.1, -0.05) is 57.1 Å². The number of aliphatic hydroxyl groups excluding tert-OH is 1. The number of unbranched alkanes of at least 4 members (excludes halogenated alkanes) is 9. The van der Waals surface area contributed by atoms with Crippen LogP contribution in [0.2, 0.25) is 0 Å². The number of hydrogen-bond acceptors (Lipinski definition) is 7. The topological polar surface area (TPSA) is 133 Å². The molecule has 3 N–H and O–H groups in total. The number of nitrogens with zero attached hydrogens (tertiary/aromatic N) is 1. The molecular formula is C28H45N3O6. The Balaban J connectivity index is 0.00000631. The molecule has 1 unspecified atom stereocenters. The average molecular weight is 520 g/mol. The van der Waals surface area contributed by atoms with E-state index < -0.39 is 17.9 Å². The highest BCUT2D eigenvalue weighted by molar-refractivity contribution is 6.07. The van der Waals surface area contributed by atoms with Crippen molar-refractivity contribution in [1.82, 2.24) is 10.2 Å². The fraction of sp³-hybridized carbons (Fsp3) is 0.607. The Hall–Kier alpha value is -3.07. The number of hydrogen-bond donors (Lipinski definition) is 3. The largest absolute Gasteiger partial charge is 0.400 e. The highest BCUT2D eigenvalue weighted by atomic mass is 16.2. The van der Waals surface area contributed by atoms with Crippen LogP contribution < -0.4 is 10.6 Å². The van der Waals surface area contributed by atoms with Gasteiger partial charge >= 0.3 is 0 Å². The summed E-state index contributed by atoms with van der Waals surface area (Å²) < 4.78 is 0. The summed E-state index contributed by atoms with van der Waals surface area (Å²) in [6.45, 7) is 2.49. The highest BCUT2D eigenvalue weighted by Crippen LogP contribution is 2.23. The fourth-order valence-corrected chi connectivity index (χ4v) is 4.09. The van der Waals surface area contributed by atoms with Crippen molar-refractivity contribution in [2.45, 2.75) is 90.0 Å². The summed E-state index contributed by atoms with van der Waals surface area (Å²) >= 11 is 0. The van der Waals surface area contributed by atoms with Crippen molar-refractivity contribution in [3.63, 3.8) is 0 Å². The van der Waals surface area contributed by atoms with Crippen molar-refractivity contribution in [1.29, 1.82) is 0 Å². The molecule has 0 aliphatic heterocycles. The van der Waals surface area contributed by atoms with E-state index in [1.165, 1.54) is 32.7 Å². The Bertz CT molecular complexity index is 815. The molecule has 9 heteroatoms. The van der Waals surface area contributed by atoms with Crippen LogP contribution in [-0.4, -0.2) is 67.5 Å². The summed E-state index contributed by atoms with van der Waals surface area (Å²) in [6.07, 6.45) is 12.9. The molecule has 1 atom stereocenters. The molecule has 1 aromatic rings. The van der Waals surface area contributed by atoms with Gasteiger partial charge in [-0.05, 0) is 37.8 Å². The number of amides is 3. The quantitative estimate of drug-likeness (QED) is 0.176. The maximum Gasteiger partial charge on any atom is 0.263 e. The zero-order chi connectivity index (χ0) is 27.9. The molecule has 0 aliphatic carbocycles. The second kappa shape index (κ2) is 22.2. The summed E-state index contributed by atoms with van der Waals surface area (Å²) in [5.41, 5.74) is 1.68. The lowest BCUT2D eigenvalue weighted by Gasteiger charge is -2.26. The molecule has 0 bridgehead atoms. The Morgan fingerprint density at radius 1 is 0.892 bits per heavy atom. The van der Waals surface area contributed by atoms with Gasteiger partial charge in [0.1, 0.15) is 18.6 Å². The molecular weight excluding hydrogens is 474 g/mol. The number of aldehydes is 2. The second-order valence-electron chi connectivity index (χ2n) is 8.75. The van der Waals surface area contributed by atoms with Crippen LogP contribution >= 0.6 is 0 Å². The Kier molecular flexibility index (Phi) is 20.3. The van der Waals surface area contributed by atoms with E-state index in [2.05, 4.69) is 10.6 Å². The lowest BCUT2D eigenvalue weighted by atomic mass is 10.0. The van der Waals surface area contributed by atoms with E-state index in [0.29, 0.717) is 42.5 Å². The minimum atomic E-state index is -1.05. The number of carbonyl (C=O) groups excluding carboxylic acids is 5.